The molecule has 43 heavy (non-hydrogen) atoms. The van der Waals surface area contributed by atoms with Crippen LogP contribution in [-0.2, 0) is 25.0 Å². The molecule has 2 aromatic heterocycles. The monoisotopic (exact) mass is 604 g/mol. The fourth-order valence-electron chi connectivity index (χ4n) is 7.19. The van der Waals surface area contributed by atoms with E-state index < -0.39 is 21.0 Å². The van der Waals surface area contributed by atoms with Crippen molar-refractivity contribution in [1.82, 2.24) is 14.9 Å². The fourth-order valence-corrected chi connectivity index (χ4v) is 7.74. The lowest BCUT2D eigenvalue weighted by atomic mass is 9.64. The normalized spacial score (nSPS) is 22.3. The van der Waals surface area contributed by atoms with Gasteiger partial charge in [-0.1, -0.05) is 12.5 Å². The highest BCUT2D eigenvalue weighted by molar-refractivity contribution is 7.92. The summed E-state index contributed by atoms with van der Waals surface area (Å²) in [6, 6.07) is 7.69. The second kappa shape index (κ2) is 9.28. The Morgan fingerprint density at radius 1 is 1.07 bits per heavy atom. The number of carbonyl (C=O) groups excluding carboxylic acids is 2. The lowest BCUT2D eigenvalue weighted by Gasteiger charge is -2.56. The topological polar surface area (TPSA) is 125 Å². The molecule has 8 rings (SSSR count). The molecule has 2 unspecified atom stereocenters. The van der Waals surface area contributed by atoms with Crippen molar-refractivity contribution in [3.8, 4) is 11.1 Å². The molecule has 3 aromatic rings. The average molecular weight is 605 g/mol. The van der Waals surface area contributed by atoms with E-state index in [0.29, 0.717) is 24.6 Å². The quantitative estimate of drug-likeness (QED) is 0.468. The number of nitrogens with zero attached hydrogens (tertiary/aromatic N) is 5. The molecule has 2 bridgehead atoms. The number of sulfonamides is 1. The number of hydrogen-bond donors (Lipinski definition) is 1. The number of amides is 2. The number of fused-ring (bicyclic) bond motifs is 6. The summed E-state index contributed by atoms with van der Waals surface area (Å²) in [6.45, 7) is 6.61. The fraction of sp³-hybridized carbons (Fsp3) is 0.484. The standard InChI is InChI=1S/C31H36N6O5S/c1-30(2,3)42-29(39)37-20-13-21(37)17-36(16-20)27-24(34-43(5,40)41)12-19(14-33-27)18-7-8-23-22(11-18)26-25(15-32-23)35(4)28(38)31(26)9-6-10-31/h7-8,11-12,14-15,20-21,34H,6,9-10,13,16-17H2,1-5H3. The predicted molar refractivity (Wildman–Crippen MR) is 165 cm³/mol. The SMILES string of the molecule is CN1C(=O)C2(CCC2)c2c1cnc1ccc(-c3cnc(N4CC5CC(C4)N5C(=O)OC(C)(C)C)c(NS(C)(=O)=O)c3)cc21. The summed E-state index contributed by atoms with van der Waals surface area (Å²) in [5, 5.41) is 0.937. The summed E-state index contributed by atoms with van der Waals surface area (Å²) >= 11 is 0. The first-order chi connectivity index (χ1) is 20.2. The number of benzene rings is 1. The molecule has 226 valence electrons. The summed E-state index contributed by atoms with van der Waals surface area (Å²) in [6.07, 6.45) is 7.89. The molecular formula is C31H36N6O5S. The van der Waals surface area contributed by atoms with Crippen molar-refractivity contribution < 1.29 is 22.7 Å². The zero-order valence-electron chi connectivity index (χ0n) is 25.0. The first-order valence-corrected chi connectivity index (χ1v) is 16.6. The highest BCUT2D eigenvalue weighted by atomic mass is 32.2. The summed E-state index contributed by atoms with van der Waals surface area (Å²) in [4.78, 5) is 41.0. The summed E-state index contributed by atoms with van der Waals surface area (Å²) < 4.78 is 33.1. The van der Waals surface area contributed by atoms with Crippen molar-refractivity contribution in [3.63, 3.8) is 0 Å². The van der Waals surface area contributed by atoms with Crippen molar-refractivity contribution >= 4 is 50.1 Å². The number of rotatable bonds is 4. The molecular weight excluding hydrogens is 568 g/mol. The van der Waals surface area contributed by atoms with Gasteiger partial charge < -0.3 is 14.5 Å². The van der Waals surface area contributed by atoms with Crippen LogP contribution in [0.5, 0.6) is 0 Å². The Balaban J connectivity index is 1.23. The van der Waals surface area contributed by atoms with E-state index in [1.54, 1.807) is 22.2 Å². The van der Waals surface area contributed by atoms with Gasteiger partial charge in [0.2, 0.25) is 15.9 Å². The van der Waals surface area contributed by atoms with E-state index in [-0.39, 0.29) is 24.1 Å². The largest absolute Gasteiger partial charge is 0.444 e. The number of piperazine rings is 1. The van der Waals surface area contributed by atoms with Crippen molar-refractivity contribution in [2.75, 3.05) is 40.9 Å². The number of hydrogen-bond acceptors (Lipinski definition) is 8. The molecule has 4 aliphatic heterocycles. The van der Waals surface area contributed by atoms with Gasteiger partial charge in [-0.15, -0.1) is 0 Å². The minimum atomic E-state index is -3.60. The van der Waals surface area contributed by atoms with Crippen molar-refractivity contribution in [2.24, 2.45) is 0 Å². The number of likely N-dealkylation sites (N-methyl/N-ethyl adjacent to an activating group) is 1. The van der Waals surface area contributed by atoms with Crippen molar-refractivity contribution in [2.45, 2.75) is 69.6 Å². The molecule has 2 atom stereocenters. The number of nitrogens with one attached hydrogen (secondary N) is 1. The lowest BCUT2D eigenvalue weighted by molar-refractivity contribution is -0.125. The summed E-state index contributed by atoms with van der Waals surface area (Å²) in [5.41, 5.74) is 3.63. The lowest BCUT2D eigenvalue weighted by Crippen LogP contribution is -2.70. The van der Waals surface area contributed by atoms with Gasteiger partial charge in [0.25, 0.3) is 0 Å². The van der Waals surface area contributed by atoms with Crippen LogP contribution in [0, 0.1) is 0 Å². The second-order valence-corrected chi connectivity index (χ2v) is 15.1. The van der Waals surface area contributed by atoms with Gasteiger partial charge >= 0.3 is 6.09 Å². The van der Waals surface area contributed by atoms with Gasteiger partial charge in [0, 0.05) is 42.8 Å². The molecule has 4 fully saturated rings. The van der Waals surface area contributed by atoms with E-state index >= 15 is 0 Å². The molecule has 1 N–H and O–H groups in total. The molecule has 12 heteroatoms. The average Bonchev–Trinajstić information content (AvgIpc) is 3.13. The van der Waals surface area contributed by atoms with Crippen LogP contribution in [0.3, 0.4) is 0 Å². The molecule has 1 saturated carbocycles. The Labute approximate surface area is 251 Å². The second-order valence-electron chi connectivity index (χ2n) is 13.4. The maximum absolute atomic E-state index is 13.3. The Kier molecular flexibility index (Phi) is 6.02. The van der Waals surface area contributed by atoms with Crippen LogP contribution in [0.1, 0.15) is 52.0 Å². The minimum Gasteiger partial charge on any atom is -0.444 e. The van der Waals surface area contributed by atoms with E-state index in [4.69, 9.17) is 9.72 Å². The van der Waals surface area contributed by atoms with Crippen LogP contribution in [0.4, 0.5) is 22.0 Å². The molecule has 1 spiro atoms. The van der Waals surface area contributed by atoms with Crippen molar-refractivity contribution in [1.29, 1.82) is 0 Å². The van der Waals surface area contributed by atoms with Gasteiger partial charge in [-0.05, 0) is 63.8 Å². The van der Waals surface area contributed by atoms with Crippen LogP contribution in [-0.4, -0.2) is 79.4 Å². The van der Waals surface area contributed by atoms with Gasteiger partial charge in [-0.3, -0.25) is 19.4 Å². The van der Waals surface area contributed by atoms with Crippen LogP contribution in [0.15, 0.2) is 36.7 Å². The number of piperidine rings is 1. The number of aromatic nitrogens is 2. The third-order valence-corrected chi connectivity index (χ3v) is 9.79. The van der Waals surface area contributed by atoms with Gasteiger partial charge in [0.1, 0.15) is 5.60 Å². The molecule has 1 aliphatic carbocycles. The Bertz CT molecular complexity index is 1790. The maximum atomic E-state index is 13.3. The Morgan fingerprint density at radius 3 is 2.42 bits per heavy atom. The van der Waals surface area contributed by atoms with E-state index in [0.717, 1.165) is 65.2 Å². The number of anilines is 3. The third-order valence-electron chi connectivity index (χ3n) is 9.20. The molecule has 5 aliphatic rings. The predicted octanol–water partition coefficient (Wildman–Crippen LogP) is 4.26. The van der Waals surface area contributed by atoms with Gasteiger partial charge in [0.15, 0.2) is 5.82 Å². The molecule has 0 radical (unpaired) electrons. The molecule has 2 amide bonds. The Morgan fingerprint density at radius 2 is 1.79 bits per heavy atom. The highest BCUT2D eigenvalue weighted by Crippen LogP contribution is 2.55. The summed E-state index contributed by atoms with van der Waals surface area (Å²) in [7, 11) is -1.79. The molecule has 3 saturated heterocycles. The minimum absolute atomic E-state index is 0.0316. The van der Waals surface area contributed by atoms with Crippen molar-refractivity contribution in [3.05, 3.63) is 42.2 Å². The number of pyridine rings is 2. The maximum Gasteiger partial charge on any atom is 0.410 e. The van der Waals surface area contributed by atoms with Gasteiger partial charge in [-0.25, -0.2) is 18.2 Å². The van der Waals surface area contributed by atoms with Crippen LogP contribution < -0.4 is 14.5 Å². The van der Waals surface area contributed by atoms with Gasteiger partial charge in [-0.2, -0.15) is 0 Å². The van der Waals surface area contributed by atoms with E-state index in [2.05, 4.69) is 9.71 Å². The zero-order chi connectivity index (χ0) is 30.5. The number of ether oxygens (including phenoxy) is 1. The van der Waals surface area contributed by atoms with Crippen LogP contribution in [0.25, 0.3) is 22.0 Å². The summed E-state index contributed by atoms with van der Waals surface area (Å²) in [5.74, 6) is 0.653. The zero-order valence-corrected chi connectivity index (χ0v) is 25.9. The van der Waals surface area contributed by atoms with Gasteiger partial charge in [0.05, 0.1) is 46.8 Å². The van der Waals surface area contributed by atoms with Crippen LogP contribution in [0.2, 0.25) is 0 Å². The first-order valence-electron chi connectivity index (χ1n) is 14.7. The molecule has 1 aromatic carbocycles. The van der Waals surface area contributed by atoms with E-state index in [1.807, 2.05) is 57.0 Å². The smallest absolute Gasteiger partial charge is 0.410 e. The molecule has 6 heterocycles. The molecule has 11 nitrogen and oxygen atoms in total. The van der Waals surface area contributed by atoms with Crippen LogP contribution >= 0.6 is 0 Å². The Hall–Kier alpha value is -3.93. The van der Waals surface area contributed by atoms with E-state index in [1.165, 1.54) is 0 Å². The van der Waals surface area contributed by atoms with E-state index in [9.17, 15) is 18.0 Å². The first kappa shape index (κ1) is 27.9. The highest BCUT2D eigenvalue weighted by Gasteiger charge is 2.54. The third kappa shape index (κ3) is 4.49. The number of carbonyl (C=O) groups is 2.